The third kappa shape index (κ3) is 3.57. The van der Waals surface area contributed by atoms with Gasteiger partial charge in [0, 0.05) is 12.5 Å². The van der Waals surface area contributed by atoms with Crippen LogP contribution >= 0.6 is 0 Å². The Morgan fingerprint density at radius 1 is 1.50 bits per heavy atom. The van der Waals surface area contributed by atoms with Crippen molar-refractivity contribution < 1.29 is 0 Å². The second-order valence-corrected chi connectivity index (χ2v) is 2.60. The zero-order valence-corrected chi connectivity index (χ0v) is 8.01. The zero-order valence-electron chi connectivity index (χ0n) is 8.01. The van der Waals surface area contributed by atoms with Crippen molar-refractivity contribution in [1.82, 2.24) is 5.32 Å². The van der Waals surface area contributed by atoms with E-state index < -0.39 is 0 Å². The van der Waals surface area contributed by atoms with Gasteiger partial charge in [-0.2, -0.15) is 5.10 Å². The van der Waals surface area contributed by atoms with E-state index in [0.29, 0.717) is 11.8 Å². The maximum atomic E-state index is 5.53. The standard InChI is InChI=1S/C6H14N4.C2H6/c7-6(10-8)5-2-1-3-9-4-5;1-2/h5,9H,1-4,8H2,(H2,7,10);1-2H3. The van der Waals surface area contributed by atoms with Crippen LogP contribution in [0.15, 0.2) is 5.10 Å². The minimum absolute atomic E-state index is 0.360. The van der Waals surface area contributed by atoms with Crippen molar-refractivity contribution in [3.8, 4) is 0 Å². The molecule has 4 nitrogen and oxygen atoms in total. The van der Waals surface area contributed by atoms with Gasteiger partial charge in [-0.1, -0.05) is 13.8 Å². The molecule has 1 atom stereocenters. The molecule has 1 aliphatic heterocycles. The van der Waals surface area contributed by atoms with Crippen molar-refractivity contribution in [1.29, 1.82) is 0 Å². The van der Waals surface area contributed by atoms with Gasteiger partial charge in [0.05, 0.1) is 0 Å². The van der Waals surface area contributed by atoms with Gasteiger partial charge in [-0.15, -0.1) is 0 Å². The first kappa shape index (κ1) is 11.2. The molecule has 0 aromatic heterocycles. The molecular weight excluding hydrogens is 152 g/mol. The number of nitrogens with one attached hydrogen (secondary N) is 1. The second-order valence-electron chi connectivity index (χ2n) is 2.60. The number of piperidine rings is 1. The minimum Gasteiger partial charge on any atom is -0.385 e. The smallest absolute Gasteiger partial charge is 0.123 e. The fourth-order valence-electron chi connectivity index (χ4n) is 1.21. The highest BCUT2D eigenvalue weighted by Gasteiger charge is 2.15. The van der Waals surface area contributed by atoms with E-state index in [9.17, 15) is 0 Å². The molecular formula is C8H20N4. The lowest BCUT2D eigenvalue weighted by Gasteiger charge is -2.21. The fourth-order valence-corrected chi connectivity index (χ4v) is 1.21. The number of hydrogen-bond acceptors (Lipinski definition) is 3. The SMILES string of the molecule is CC.N/N=C(\N)C1CCCNC1. The number of rotatable bonds is 1. The monoisotopic (exact) mass is 172 g/mol. The largest absolute Gasteiger partial charge is 0.385 e. The van der Waals surface area contributed by atoms with Gasteiger partial charge < -0.3 is 16.9 Å². The van der Waals surface area contributed by atoms with Crippen LogP contribution in [0, 0.1) is 5.92 Å². The summed E-state index contributed by atoms with van der Waals surface area (Å²) in [5.41, 5.74) is 5.53. The fraction of sp³-hybridized carbons (Fsp3) is 0.875. The molecule has 4 heteroatoms. The zero-order chi connectivity index (χ0) is 9.40. The van der Waals surface area contributed by atoms with Gasteiger partial charge in [-0.3, -0.25) is 0 Å². The van der Waals surface area contributed by atoms with Crippen molar-refractivity contribution >= 4 is 5.84 Å². The maximum absolute atomic E-state index is 5.53. The van der Waals surface area contributed by atoms with Crippen molar-refractivity contribution in [3.63, 3.8) is 0 Å². The van der Waals surface area contributed by atoms with Gasteiger partial charge in [0.1, 0.15) is 5.84 Å². The van der Waals surface area contributed by atoms with E-state index in [0.717, 1.165) is 19.5 Å². The van der Waals surface area contributed by atoms with Gasteiger partial charge in [0.2, 0.25) is 0 Å². The van der Waals surface area contributed by atoms with Crippen LogP contribution in [0.25, 0.3) is 0 Å². The van der Waals surface area contributed by atoms with Gasteiger partial charge >= 0.3 is 0 Å². The van der Waals surface area contributed by atoms with E-state index >= 15 is 0 Å². The summed E-state index contributed by atoms with van der Waals surface area (Å²) in [6.07, 6.45) is 2.28. The van der Waals surface area contributed by atoms with Gasteiger partial charge in [0.25, 0.3) is 0 Å². The highest BCUT2D eigenvalue weighted by molar-refractivity contribution is 5.82. The van der Waals surface area contributed by atoms with E-state index in [1.165, 1.54) is 6.42 Å². The number of amidine groups is 1. The first-order chi connectivity index (χ1) is 5.84. The molecule has 1 saturated heterocycles. The summed E-state index contributed by atoms with van der Waals surface area (Å²) < 4.78 is 0. The molecule has 0 radical (unpaired) electrons. The van der Waals surface area contributed by atoms with E-state index in [1.54, 1.807) is 0 Å². The third-order valence-corrected chi connectivity index (χ3v) is 1.86. The van der Waals surface area contributed by atoms with E-state index in [2.05, 4.69) is 10.4 Å². The summed E-state index contributed by atoms with van der Waals surface area (Å²) in [4.78, 5) is 0. The minimum atomic E-state index is 0.360. The molecule has 0 amide bonds. The third-order valence-electron chi connectivity index (χ3n) is 1.86. The first-order valence-electron chi connectivity index (χ1n) is 4.58. The van der Waals surface area contributed by atoms with Crippen LogP contribution in [0.2, 0.25) is 0 Å². The van der Waals surface area contributed by atoms with Crippen LogP contribution in [0.5, 0.6) is 0 Å². The van der Waals surface area contributed by atoms with Crippen LogP contribution in [-0.4, -0.2) is 18.9 Å². The van der Waals surface area contributed by atoms with E-state index in [4.69, 9.17) is 11.6 Å². The van der Waals surface area contributed by atoms with Crippen LogP contribution < -0.4 is 16.9 Å². The average molecular weight is 172 g/mol. The molecule has 1 rings (SSSR count). The molecule has 5 N–H and O–H groups in total. The normalized spacial score (nSPS) is 24.2. The molecule has 1 aliphatic rings. The highest BCUT2D eigenvalue weighted by Crippen LogP contribution is 2.08. The second kappa shape index (κ2) is 6.91. The van der Waals surface area contributed by atoms with Gasteiger partial charge in [0.15, 0.2) is 0 Å². The molecule has 1 heterocycles. The maximum Gasteiger partial charge on any atom is 0.123 e. The topological polar surface area (TPSA) is 76.4 Å². The molecule has 1 fully saturated rings. The summed E-state index contributed by atoms with van der Waals surface area (Å²) in [6, 6.07) is 0. The van der Waals surface area contributed by atoms with Crippen LogP contribution in [0.3, 0.4) is 0 Å². The molecule has 1 unspecified atom stereocenters. The molecule has 0 aromatic rings. The Hall–Kier alpha value is -0.770. The van der Waals surface area contributed by atoms with Crippen molar-refractivity contribution in [3.05, 3.63) is 0 Å². The summed E-state index contributed by atoms with van der Waals surface area (Å²) in [5.74, 6) is 5.97. The van der Waals surface area contributed by atoms with Crippen LogP contribution in [-0.2, 0) is 0 Å². The number of hydrazone groups is 1. The average Bonchev–Trinajstić information content (AvgIpc) is 2.21. The Labute approximate surface area is 74.4 Å². The number of nitrogens with zero attached hydrogens (tertiary/aromatic N) is 1. The Morgan fingerprint density at radius 2 is 2.17 bits per heavy atom. The quantitative estimate of drug-likeness (QED) is 0.229. The van der Waals surface area contributed by atoms with Crippen molar-refractivity contribution in [2.45, 2.75) is 26.7 Å². The number of nitrogens with two attached hydrogens (primary N) is 2. The molecule has 12 heavy (non-hydrogen) atoms. The summed E-state index contributed by atoms with van der Waals surface area (Å²) in [5, 5.41) is 6.70. The lowest BCUT2D eigenvalue weighted by molar-refractivity contribution is 0.455. The summed E-state index contributed by atoms with van der Waals surface area (Å²) in [7, 11) is 0. The summed E-state index contributed by atoms with van der Waals surface area (Å²) >= 11 is 0. The predicted molar refractivity (Wildman–Crippen MR) is 52.8 cm³/mol. The highest BCUT2D eigenvalue weighted by atomic mass is 15.2. The lowest BCUT2D eigenvalue weighted by Crippen LogP contribution is -2.38. The predicted octanol–water partition coefficient (Wildman–Crippen LogP) is 0.243. The van der Waals surface area contributed by atoms with Crippen LogP contribution in [0.1, 0.15) is 26.7 Å². The summed E-state index contributed by atoms with van der Waals surface area (Å²) in [6.45, 7) is 6.01. The lowest BCUT2D eigenvalue weighted by atomic mass is 9.99. The van der Waals surface area contributed by atoms with Crippen molar-refractivity contribution in [2.75, 3.05) is 13.1 Å². The molecule has 0 spiro atoms. The molecule has 0 saturated carbocycles. The molecule has 72 valence electrons. The van der Waals surface area contributed by atoms with E-state index in [-0.39, 0.29) is 0 Å². The van der Waals surface area contributed by atoms with Crippen LogP contribution in [0.4, 0.5) is 0 Å². The number of hydrogen-bond donors (Lipinski definition) is 3. The van der Waals surface area contributed by atoms with Gasteiger partial charge in [-0.05, 0) is 19.4 Å². The Morgan fingerprint density at radius 3 is 2.58 bits per heavy atom. The van der Waals surface area contributed by atoms with E-state index in [1.807, 2.05) is 13.8 Å². The molecule has 0 bridgehead atoms. The Kier molecular flexibility index (Phi) is 6.47. The van der Waals surface area contributed by atoms with Crippen molar-refractivity contribution in [2.24, 2.45) is 22.6 Å². The Bertz CT molecular complexity index is 127. The first-order valence-corrected chi connectivity index (χ1v) is 4.58. The molecule has 0 aliphatic carbocycles. The molecule has 0 aromatic carbocycles. The van der Waals surface area contributed by atoms with Gasteiger partial charge in [-0.25, -0.2) is 0 Å². The Balaban J connectivity index is 0.000000561.